The molecule has 21 heavy (non-hydrogen) atoms. The van der Waals surface area contributed by atoms with E-state index in [1.807, 2.05) is 54.1 Å². The van der Waals surface area contributed by atoms with Crippen LogP contribution in [0.5, 0.6) is 0 Å². The standard InChI is InChI=1S/C17H16ClN3/c1-12-9-14(18)7-8-16(12)21-17(10-15(11-19)20-21)13-5-3-2-4-6-13/h2-10H,11,19H2,1H3. The average molecular weight is 298 g/mol. The van der Waals surface area contributed by atoms with Crippen molar-refractivity contribution in [1.29, 1.82) is 0 Å². The summed E-state index contributed by atoms with van der Waals surface area (Å²) in [5.41, 5.74) is 10.8. The second kappa shape index (κ2) is 5.72. The molecule has 0 bridgehead atoms. The molecule has 1 aromatic heterocycles. The van der Waals surface area contributed by atoms with Crippen molar-refractivity contribution < 1.29 is 0 Å². The van der Waals surface area contributed by atoms with Gasteiger partial charge in [-0.2, -0.15) is 5.10 Å². The van der Waals surface area contributed by atoms with E-state index in [0.717, 1.165) is 33.2 Å². The largest absolute Gasteiger partial charge is 0.325 e. The van der Waals surface area contributed by atoms with Crippen LogP contribution in [-0.2, 0) is 6.54 Å². The highest BCUT2D eigenvalue weighted by atomic mass is 35.5. The number of hydrogen-bond acceptors (Lipinski definition) is 2. The van der Waals surface area contributed by atoms with Crippen LogP contribution in [0.15, 0.2) is 54.6 Å². The summed E-state index contributed by atoms with van der Waals surface area (Å²) in [5, 5.41) is 5.34. The Hall–Kier alpha value is -2.10. The molecule has 0 aliphatic carbocycles. The highest BCUT2D eigenvalue weighted by molar-refractivity contribution is 6.30. The van der Waals surface area contributed by atoms with Gasteiger partial charge < -0.3 is 5.73 Å². The van der Waals surface area contributed by atoms with E-state index >= 15 is 0 Å². The fraction of sp³-hybridized carbons (Fsp3) is 0.118. The molecule has 0 unspecified atom stereocenters. The first kappa shape index (κ1) is 13.9. The van der Waals surface area contributed by atoms with Crippen LogP contribution in [0.4, 0.5) is 0 Å². The van der Waals surface area contributed by atoms with Gasteiger partial charge in [0.05, 0.1) is 17.1 Å². The van der Waals surface area contributed by atoms with Crippen molar-refractivity contribution in [3.05, 3.63) is 70.9 Å². The molecule has 0 radical (unpaired) electrons. The molecule has 3 nitrogen and oxygen atoms in total. The van der Waals surface area contributed by atoms with Gasteiger partial charge in [0.15, 0.2) is 0 Å². The zero-order chi connectivity index (χ0) is 14.8. The molecule has 0 aliphatic rings. The summed E-state index contributed by atoms with van der Waals surface area (Å²) in [4.78, 5) is 0. The number of halogens is 1. The van der Waals surface area contributed by atoms with Crippen molar-refractivity contribution in [1.82, 2.24) is 9.78 Å². The lowest BCUT2D eigenvalue weighted by atomic mass is 10.1. The van der Waals surface area contributed by atoms with Gasteiger partial charge in [0, 0.05) is 17.1 Å². The molecule has 1 heterocycles. The van der Waals surface area contributed by atoms with Crippen LogP contribution in [0.3, 0.4) is 0 Å². The Morgan fingerprint density at radius 3 is 2.52 bits per heavy atom. The van der Waals surface area contributed by atoms with Crippen molar-refractivity contribution in [2.45, 2.75) is 13.5 Å². The van der Waals surface area contributed by atoms with Gasteiger partial charge in [0.2, 0.25) is 0 Å². The van der Waals surface area contributed by atoms with E-state index in [2.05, 4.69) is 17.2 Å². The van der Waals surface area contributed by atoms with Gasteiger partial charge in [0.1, 0.15) is 0 Å². The van der Waals surface area contributed by atoms with Crippen LogP contribution in [0.25, 0.3) is 16.9 Å². The summed E-state index contributed by atoms with van der Waals surface area (Å²) in [6.07, 6.45) is 0. The number of rotatable bonds is 3. The molecule has 3 rings (SSSR count). The monoisotopic (exact) mass is 297 g/mol. The highest BCUT2D eigenvalue weighted by Crippen LogP contribution is 2.26. The predicted octanol–water partition coefficient (Wildman–Crippen LogP) is 3.96. The van der Waals surface area contributed by atoms with Crippen molar-refractivity contribution in [2.75, 3.05) is 0 Å². The van der Waals surface area contributed by atoms with Gasteiger partial charge in [-0.25, -0.2) is 4.68 Å². The van der Waals surface area contributed by atoms with Crippen LogP contribution in [0.1, 0.15) is 11.3 Å². The van der Waals surface area contributed by atoms with Crippen molar-refractivity contribution in [2.24, 2.45) is 5.73 Å². The number of nitrogens with zero attached hydrogens (tertiary/aromatic N) is 2. The molecule has 2 aromatic carbocycles. The molecule has 0 amide bonds. The zero-order valence-corrected chi connectivity index (χ0v) is 12.5. The van der Waals surface area contributed by atoms with Gasteiger partial charge in [0.25, 0.3) is 0 Å². The summed E-state index contributed by atoms with van der Waals surface area (Å²) in [6.45, 7) is 2.44. The third-order valence-corrected chi connectivity index (χ3v) is 3.66. The van der Waals surface area contributed by atoms with Gasteiger partial charge in [-0.15, -0.1) is 0 Å². The van der Waals surface area contributed by atoms with Crippen molar-refractivity contribution in [3.63, 3.8) is 0 Å². The number of aromatic nitrogens is 2. The van der Waals surface area contributed by atoms with Gasteiger partial charge in [-0.1, -0.05) is 41.9 Å². The Balaban J connectivity index is 2.20. The molecular weight excluding hydrogens is 282 g/mol. The fourth-order valence-electron chi connectivity index (χ4n) is 2.38. The highest BCUT2D eigenvalue weighted by Gasteiger charge is 2.12. The molecule has 0 atom stereocenters. The fourth-order valence-corrected chi connectivity index (χ4v) is 2.61. The minimum atomic E-state index is 0.416. The van der Waals surface area contributed by atoms with Crippen LogP contribution >= 0.6 is 11.6 Å². The first-order chi connectivity index (χ1) is 10.2. The SMILES string of the molecule is Cc1cc(Cl)ccc1-n1nc(CN)cc1-c1ccccc1. The van der Waals surface area contributed by atoms with Crippen LogP contribution in [0.2, 0.25) is 5.02 Å². The molecule has 0 saturated heterocycles. The lowest BCUT2D eigenvalue weighted by Gasteiger charge is -2.10. The molecule has 0 spiro atoms. The van der Waals surface area contributed by atoms with E-state index in [9.17, 15) is 0 Å². The van der Waals surface area contributed by atoms with Crippen LogP contribution in [-0.4, -0.2) is 9.78 Å². The smallest absolute Gasteiger partial charge is 0.0771 e. The third-order valence-electron chi connectivity index (χ3n) is 3.43. The first-order valence-corrected chi connectivity index (χ1v) is 7.18. The van der Waals surface area contributed by atoms with Crippen molar-refractivity contribution >= 4 is 11.6 Å². The maximum Gasteiger partial charge on any atom is 0.0771 e. The molecule has 0 fully saturated rings. The topological polar surface area (TPSA) is 43.8 Å². The average Bonchev–Trinajstić information content (AvgIpc) is 2.92. The first-order valence-electron chi connectivity index (χ1n) is 6.80. The minimum Gasteiger partial charge on any atom is -0.325 e. The minimum absolute atomic E-state index is 0.416. The number of benzene rings is 2. The molecule has 4 heteroatoms. The summed E-state index contributed by atoms with van der Waals surface area (Å²) >= 11 is 6.04. The summed E-state index contributed by atoms with van der Waals surface area (Å²) < 4.78 is 1.93. The molecule has 0 saturated carbocycles. The quantitative estimate of drug-likeness (QED) is 0.795. The number of hydrogen-bond donors (Lipinski definition) is 1. The lowest BCUT2D eigenvalue weighted by molar-refractivity contribution is 0.833. The maximum atomic E-state index is 6.04. The van der Waals surface area contributed by atoms with E-state index in [4.69, 9.17) is 17.3 Å². The Labute approximate surface area is 129 Å². The van der Waals surface area contributed by atoms with Crippen LogP contribution < -0.4 is 5.73 Å². The number of aryl methyl sites for hydroxylation is 1. The molecule has 2 N–H and O–H groups in total. The summed E-state index contributed by atoms with van der Waals surface area (Å²) in [5.74, 6) is 0. The van der Waals surface area contributed by atoms with E-state index in [0.29, 0.717) is 6.54 Å². The van der Waals surface area contributed by atoms with Crippen molar-refractivity contribution in [3.8, 4) is 16.9 Å². The Morgan fingerprint density at radius 2 is 1.86 bits per heavy atom. The molecule has 3 aromatic rings. The molecule has 0 aliphatic heterocycles. The molecular formula is C17H16ClN3. The Bertz CT molecular complexity index is 763. The maximum absolute atomic E-state index is 6.04. The number of nitrogens with two attached hydrogens (primary N) is 1. The second-order valence-corrected chi connectivity index (χ2v) is 5.37. The van der Waals surface area contributed by atoms with E-state index in [-0.39, 0.29) is 0 Å². The molecule has 106 valence electrons. The van der Waals surface area contributed by atoms with E-state index < -0.39 is 0 Å². The summed E-state index contributed by atoms with van der Waals surface area (Å²) in [6, 6.07) is 18.0. The normalized spacial score (nSPS) is 10.8. The van der Waals surface area contributed by atoms with E-state index in [1.54, 1.807) is 0 Å². The lowest BCUT2D eigenvalue weighted by Crippen LogP contribution is -2.03. The second-order valence-electron chi connectivity index (χ2n) is 4.93. The zero-order valence-electron chi connectivity index (χ0n) is 11.8. The third kappa shape index (κ3) is 2.71. The predicted molar refractivity (Wildman–Crippen MR) is 86.6 cm³/mol. The summed E-state index contributed by atoms with van der Waals surface area (Å²) in [7, 11) is 0. The van der Waals surface area contributed by atoms with Crippen LogP contribution in [0, 0.1) is 6.92 Å². The van der Waals surface area contributed by atoms with Gasteiger partial charge in [-0.05, 0) is 36.8 Å². The van der Waals surface area contributed by atoms with E-state index in [1.165, 1.54) is 0 Å². The van der Waals surface area contributed by atoms with Gasteiger partial charge in [-0.3, -0.25) is 0 Å². The van der Waals surface area contributed by atoms with Gasteiger partial charge >= 0.3 is 0 Å². The Morgan fingerprint density at radius 1 is 1.10 bits per heavy atom. The Kier molecular flexibility index (Phi) is 3.78.